The van der Waals surface area contributed by atoms with Gasteiger partial charge in [-0.1, -0.05) is 54.6 Å². The second-order valence-electron chi connectivity index (χ2n) is 7.16. The molecule has 7 nitrogen and oxygen atoms in total. The highest BCUT2D eigenvalue weighted by atomic mass is 35.5. The molecule has 1 aromatic heterocycles. The van der Waals surface area contributed by atoms with Crippen molar-refractivity contribution < 1.29 is 14.3 Å². The molecule has 0 unspecified atom stereocenters. The Morgan fingerprint density at radius 2 is 2.00 bits per heavy atom. The van der Waals surface area contributed by atoms with Crippen molar-refractivity contribution in [1.82, 2.24) is 9.97 Å². The average Bonchev–Trinajstić information content (AvgIpc) is 2.78. The summed E-state index contributed by atoms with van der Waals surface area (Å²) in [5.41, 5.74) is 1.81. The van der Waals surface area contributed by atoms with Crippen LogP contribution in [0.5, 0.6) is 11.5 Å². The molecule has 166 valence electrons. The van der Waals surface area contributed by atoms with Gasteiger partial charge in [-0.25, -0.2) is 4.98 Å². The zero-order valence-electron chi connectivity index (χ0n) is 17.6. The molecule has 0 spiro atoms. The number of carbonyl (C=O) groups is 1. The number of H-pyrrole nitrogens is 1. The van der Waals surface area contributed by atoms with E-state index in [1.807, 2.05) is 37.3 Å². The van der Waals surface area contributed by atoms with E-state index in [1.54, 1.807) is 19.2 Å². The van der Waals surface area contributed by atoms with E-state index in [4.69, 9.17) is 21.1 Å². The molecule has 1 aliphatic heterocycles. The van der Waals surface area contributed by atoms with E-state index in [0.717, 1.165) is 16.9 Å². The predicted octanol–water partition coefficient (Wildman–Crippen LogP) is 4.60. The number of thioether (sulfide) groups is 1. The lowest BCUT2D eigenvalue weighted by Crippen LogP contribution is -2.31. The van der Waals surface area contributed by atoms with Gasteiger partial charge in [0, 0.05) is 22.9 Å². The van der Waals surface area contributed by atoms with Crippen LogP contribution in [0.1, 0.15) is 36.0 Å². The zero-order chi connectivity index (χ0) is 22.7. The van der Waals surface area contributed by atoms with Crippen LogP contribution in [0.2, 0.25) is 5.02 Å². The third kappa shape index (κ3) is 4.61. The molecule has 3 aromatic rings. The number of hydrogen-bond donors (Lipinski definition) is 2. The van der Waals surface area contributed by atoms with Crippen molar-refractivity contribution >= 4 is 35.1 Å². The van der Waals surface area contributed by atoms with Crippen molar-refractivity contribution in [2.45, 2.75) is 31.0 Å². The minimum Gasteiger partial charge on any atom is -0.493 e. The van der Waals surface area contributed by atoms with Gasteiger partial charge in [0.25, 0.3) is 5.56 Å². The first-order chi connectivity index (χ1) is 15.5. The first kappa shape index (κ1) is 22.2. The van der Waals surface area contributed by atoms with Crippen molar-refractivity contribution in [3.8, 4) is 11.5 Å². The van der Waals surface area contributed by atoms with E-state index < -0.39 is 5.92 Å². The summed E-state index contributed by atoms with van der Waals surface area (Å²) < 4.78 is 11.5. The smallest absolute Gasteiger partial charge is 0.257 e. The molecule has 1 aliphatic rings. The van der Waals surface area contributed by atoms with Crippen LogP contribution < -0.4 is 20.3 Å². The topological polar surface area (TPSA) is 93.3 Å². The number of ether oxygens (including phenoxy) is 2. The molecule has 0 aliphatic carbocycles. The Morgan fingerprint density at radius 1 is 1.19 bits per heavy atom. The average molecular weight is 472 g/mol. The lowest BCUT2D eigenvalue weighted by atomic mass is 9.86. The number of aromatic amines is 1. The van der Waals surface area contributed by atoms with Crippen LogP contribution in [0, 0.1) is 0 Å². The monoisotopic (exact) mass is 471 g/mol. The molecular formula is C23H22ClN3O4S. The number of nitrogens with one attached hydrogen (secondary N) is 2. The molecule has 0 saturated carbocycles. The number of carbonyl (C=O) groups excluding carboxylic acids is 1. The van der Waals surface area contributed by atoms with Gasteiger partial charge >= 0.3 is 0 Å². The van der Waals surface area contributed by atoms with Crippen molar-refractivity contribution in [3.05, 3.63) is 74.5 Å². The molecule has 1 amide bonds. The van der Waals surface area contributed by atoms with Crippen LogP contribution in [0.3, 0.4) is 0 Å². The van der Waals surface area contributed by atoms with Gasteiger partial charge in [-0.2, -0.15) is 0 Å². The third-order valence-corrected chi connectivity index (χ3v) is 6.27. The summed E-state index contributed by atoms with van der Waals surface area (Å²) in [6.07, 6.45) is 0.140. The van der Waals surface area contributed by atoms with E-state index in [9.17, 15) is 9.59 Å². The number of benzene rings is 2. The highest BCUT2D eigenvalue weighted by Crippen LogP contribution is 2.38. The lowest BCUT2D eigenvalue weighted by Gasteiger charge is -2.25. The van der Waals surface area contributed by atoms with E-state index in [2.05, 4.69) is 15.3 Å². The summed E-state index contributed by atoms with van der Waals surface area (Å²) in [6.45, 7) is 2.25. The standard InChI is InChI=1S/C23H22ClN3O4S/c1-3-32-23-26-21-20(22(29)27-23)15(11-19(28)25-21)13-8-9-17(18(10-13)30-2)31-12-14-6-4-5-7-16(14)24/h4-10,15H,3,11-12H2,1-2H3,(H2,25,26,27,28,29)/t15-/m0/s1. The second-order valence-corrected chi connectivity index (χ2v) is 8.82. The van der Waals surface area contributed by atoms with Gasteiger partial charge in [0.15, 0.2) is 16.7 Å². The Bertz CT molecular complexity index is 1210. The lowest BCUT2D eigenvalue weighted by molar-refractivity contribution is -0.116. The van der Waals surface area contributed by atoms with Crippen LogP contribution in [0.25, 0.3) is 0 Å². The summed E-state index contributed by atoms with van der Waals surface area (Å²) >= 11 is 7.62. The van der Waals surface area contributed by atoms with Crippen LogP contribution in [0.15, 0.2) is 52.4 Å². The summed E-state index contributed by atoms with van der Waals surface area (Å²) in [4.78, 5) is 32.4. The Labute approximate surface area is 194 Å². The largest absolute Gasteiger partial charge is 0.493 e. The first-order valence-corrected chi connectivity index (χ1v) is 11.5. The van der Waals surface area contributed by atoms with Crippen molar-refractivity contribution in [2.24, 2.45) is 0 Å². The maximum absolute atomic E-state index is 12.8. The van der Waals surface area contributed by atoms with Crippen LogP contribution in [-0.4, -0.2) is 28.7 Å². The van der Waals surface area contributed by atoms with Gasteiger partial charge in [0.05, 0.1) is 12.7 Å². The SMILES string of the molecule is CCSc1nc2c(c(=O)[nH]1)[C@H](c1ccc(OCc3ccccc3Cl)c(OC)c1)CC(=O)N2. The quantitative estimate of drug-likeness (QED) is 0.386. The van der Waals surface area contributed by atoms with E-state index in [-0.39, 0.29) is 24.5 Å². The molecule has 2 heterocycles. The molecule has 4 rings (SSSR count). The van der Waals surface area contributed by atoms with Crippen molar-refractivity contribution in [2.75, 3.05) is 18.2 Å². The van der Waals surface area contributed by atoms with Gasteiger partial charge < -0.3 is 19.8 Å². The number of aromatic nitrogens is 2. The fraction of sp³-hybridized carbons (Fsp3) is 0.261. The predicted molar refractivity (Wildman–Crippen MR) is 125 cm³/mol. The highest BCUT2D eigenvalue weighted by molar-refractivity contribution is 7.99. The van der Waals surface area contributed by atoms with Gasteiger partial charge in [-0.05, 0) is 29.5 Å². The Balaban J connectivity index is 1.65. The minimum absolute atomic E-state index is 0.140. The number of amides is 1. The molecule has 0 fully saturated rings. The summed E-state index contributed by atoms with van der Waals surface area (Å²) in [5.74, 6) is 1.48. The fourth-order valence-electron chi connectivity index (χ4n) is 3.63. The molecule has 9 heteroatoms. The number of anilines is 1. The molecule has 1 atom stereocenters. The first-order valence-electron chi connectivity index (χ1n) is 10.1. The molecule has 0 bridgehead atoms. The number of nitrogens with zero attached hydrogens (tertiary/aromatic N) is 1. The third-order valence-electron chi connectivity index (χ3n) is 5.14. The zero-order valence-corrected chi connectivity index (χ0v) is 19.2. The van der Waals surface area contributed by atoms with Gasteiger partial charge in [-0.3, -0.25) is 9.59 Å². The maximum Gasteiger partial charge on any atom is 0.257 e. The summed E-state index contributed by atoms with van der Waals surface area (Å²) in [6, 6.07) is 12.9. The van der Waals surface area contributed by atoms with Gasteiger partial charge in [0.2, 0.25) is 5.91 Å². The minimum atomic E-state index is -0.442. The highest BCUT2D eigenvalue weighted by Gasteiger charge is 2.31. The van der Waals surface area contributed by atoms with Gasteiger partial charge in [0.1, 0.15) is 12.4 Å². The Morgan fingerprint density at radius 3 is 2.75 bits per heavy atom. The fourth-order valence-corrected chi connectivity index (χ4v) is 4.42. The summed E-state index contributed by atoms with van der Waals surface area (Å²) in [7, 11) is 1.55. The molecule has 2 aromatic carbocycles. The van der Waals surface area contributed by atoms with Crippen LogP contribution >= 0.6 is 23.4 Å². The maximum atomic E-state index is 12.8. The molecule has 0 radical (unpaired) electrons. The number of methoxy groups -OCH3 is 1. The number of halogens is 1. The van der Waals surface area contributed by atoms with Crippen molar-refractivity contribution in [3.63, 3.8) is 0 Å². The van der Waals surface area contributed by atoms with Crippen molar-refractivity contribution in [1.29, 1.82) is 0 Å². The van der Waals surface area contributed by atoms with Gasteiger partial charge in [-0.15, -0.1) is 0 Å². The second kappa shape index (κ2) is 9.67. The molecule has 32 heavy (non-hydrogen) atoms. The number of fused-ring (bicyclic) bond motifs is 1. The van der Waals surface area contributed by atoms with Crippen LogP contribution in [-0.2, 0) is 11.4 Å². The van der Waals surface area contributed by atoms with E-state index in [1.165, 1.54) is 11.8 Å². The molecule has 2 N–H and O–H groups in total. The normalized spacial score (nSPS) is 15.1. The Kier molecular flexibility index (Phi) is 6.72. The number of rotatable bonds is 7. The summed E-state index contributed by atoms with van der Waals surface area (Å²) in [5, 5.41) is 3.84. The Hall–Kier alpha value is -2.97. The van der Waals surface area contributed by atoms with E-state index >= 15 is 0 Å². The van der Waals surface area contributed by atoms with Crippen LogP contribution in [0.4, 0.5) is 5.82 Å². The van der Waals surface area contributed by atoms with E-state index in [0.29, 0.717) is 33.1 Å². The molecular weight excluding hydrogens is 450 g/mol. The number of hydrogen-bond acceptors (Lipinski definition) is 6. The molecule has 0 saturated heterocycles.